The normalized spacial score (nSPS) is 11.4. The van der Waals surface area contributed by atoms with Crippen molar-refractivity contribution in [2.45, 2.75) is 32.5 Å². The summed E-state index contributed by atoms with van der Waals surface area (Å²) in [6, 6.07) is 22.3. The van der Waals surface area contributed by atoms with Crippen molar-refractivity contribution < 1.29 is 23.5 Å². The summed E-state index contributed by atoms with van der Waals surface area (Å²) in [6.07, 6.45) is 2.17. The number of carboxylic acid groups (broad SMARTS) is 1. The maximum Gasteiger partial charge on any atom is 0.326 e. The van der Waals surface area contributed by atoms with Crippen molar-refractivity contribution in [2.24, 2.45) is 0 Å². The first-order valence-corrected chi connectivity index (χ1v) is 15.0. The zero-order chi connectivity index (χ0) is 30.9. The molecule has 0 aliphatic heterocycles. The van der Waals surface area contributed by atoms with Crippen LogP contribution in [0.4, 0.5) is 20.2 Å². The molecule has 0 saturated carbocycles. The third-order valence-electron chi connectivity index (χ3n) is 6.99. The number of nitrogens with zero attached hydrogens (tertiary/aromatic N) is 2. The Balaban J connectivity index is 1.74. The number of anilines is 1. The molecule has 1 atom stereocenters. The number of rotatable bonds is 12. The van der Waals surface area contributed by atoms with Crippen molar-refractivity contribution in [3.05, 3.63) is 130 Å². The van der Waals surface area contributed by atoms with Gasteiger partial charge in [0, 0.05) is 30.4 Å². The van der Waals surface area contributed by atoms with Gasteiger partial charge in [-0.1, -0.05) is 42.5 Å². The number of amides is 1. The van der Waals surface area contributed by atoms with E-state index in [9.17, 15) is 23.5 Å². The van der Waals surface area contributed by atoms with E-state index in [1.54, 1.807) is 36.4 Å². The molecule has 0 saturated heterocycles. The monoisotopic (exact) mass is 599 g/mol. The molecule has 43 heavy (non-hydrogen) atoms. The number of carbonyl (C=O) groups is 2. The quantitative estimate of drug-likeness (QED) is 0.164. The van der Waals surface area contributed by atoms with Gasteiger partial charge in [-0.3, -0.25) is 4.79 Å². The van der Waals surface area contributed by atoms with E-state index in [0.29, 0.717) is 41.1 Å². The van der Waals surface area contributed by atoms with Gasteiger partial charge in [0.15, 0.2) is 5.69 Å². The fourth-order valence-electron chi connectivity index (χ4n) is 4.83. The highest BCUT2D eigenvalue weighted by Crippen LogP contribution is 2.30. The lowest BCUT2D eigenvalue weighted by atomic mass is 9.93. The topological polar surface area (TPSA) is 74.0 Å². The first-order chi connectivity index (χ1) is 20.7. The molecule has 220 valence electrons. The number of carboxylic acids is 1. The first-order valence-electron chi connectivity index (χ1n) is 13.6. The highest BCUT2D eigenvalue weighted by atomic mass is 32.2. The third kappa shape index (κ3) is 8.21. The Labute approximate surface area is 254 Å². The number of aryl methyl sites for hydroxylation is 1. The number of aliphatic carboxylic acids is 1. The van der Waals surface area contributed by atoms with Crippen molar-refractivity contribution in [1.82, 2.24) is 5.32 Å². The number of carbonyl (C=O) groups excluding carboxylic acids is 1. The zero-order valence-electron chi connectivity index (χ0n) is 23.8. The van der Waals surface area contributed by atoms with Crippen LogP contribution in [0.2, 0.25) is 0 Å². The molecule has 0 radical (unpaired) electrons. The smallest absolute Gasteiger partial charge is 0.326 e. The van der Waals surface area contributed by atoms with Gasteiger partial charge in [0.25, 0.3) is 5.91 Å². The lowest BCUT2D eigenvalue weighted by Gasteiger charge is -2.26. The van der Waals surface area contributed by atoms with Crippen LogP contribution < -0.4 is 10.2 Å². The number of thioether (sulfide) groups is 1. The third-order valence-corrected chi connectivity index (χ3v) is 7.64. The number of nitrogens with one attached hydrogen (secondary N) is 1. The Bertz CT molecular complexity index is 1630. The average Bonchev–Trinajstić information content (AvgIpc) is 2.98. The molecule has 4 rings (SSSR count). The zero-order valence-corrected chi connectivity index (χ0v) is 24.6. The molecule has 6 nitrogen and oxygen atoms in total. The second-order valence-corrected chi connectivity index (χ2v) is 11.1. The molecule has 0 spiro atoms. The summed E-state index contributed by atoms with van der Waals surface area (Å²) in [5.74, 6) is -2.34. The maximum atomic E-state index is 14.0. The lowest BCUT2D eigenvalue weighted by Crippen LogP contribution is -2.41. The van der Waals surface area contributed by atoms with Crippen LogP contribution in [0.15, 0.2) is 84.9 Å². The molecular weight excluding hydrogens is 568 g/mol. The summed E-state index contributed by atoms with van der Waals surface area (Å²) in [5.41, 5.74) is 5.21. The van der Waals surface area contributed by atoms with Crippen LogP contribution >= 0.6 is 11.8 Å². The number of halogens is 2. The van der Waals surface area contributed by atoms with E-state index in [1.807, 2.05) is 48.4 Å². The lowest BCUT2D eigenvalue weighted by molar-refractivity contribution is -0.139. The summed E-state index contributed by atoms with van der Waals surface area (Å²) in [5, 5.41) is 12.4. The van der Waals surface area contributed by atoms with Gasteiger partial charge in [0.2, 0.25) is 0 Å². The Morgan fingerprint density at radius 1 is 0.930 bits per heavy atom. The summed E-state index contributed by atoms with van der Waals surface area (Å²) in [4.78, 5) is 30.7. The van der Waals surface area contributed by atoms with Crippen LogP contribution in [0.3, 0.4) is 0 Å². The molecule has 0 bridgehead atoms. The Kier molecular flexibility index (Phi) is 10.5. The fourth-order valence-corrected chi connectivity index (χ4v) is 5.31. The molecule has 1 amide bonds. The maximum absolute atomic E-state index is 14.0. The van der Waals surface area contributed by atoms with Gasteiger partial charge in [-0.05, 0) is 89.6 Å². The SMILES string of the molecule is [C-]#[N+]c1ccc(N(Cc2cc(F)cc(F)c2)Cc2ccc(C(=O)NC(CCSC)C(=O)O)c(-c3ccccc3C)c2)cc1. The van der Waals surface area contributed by atoms with Crippen LogP contribution in [-0.4, -0.2) is 35.0 Å². The largest absolute Gasteiger partial charge is 0.480 e. The van der Waals surface area contributed by atoms with E-state index in [0.717, 1.165) is 28.4 Å². The molecule has 0 aliphatic carbocycles. The van der Waals surface area contributed by atoms with Crippen LogP contribution in [0.5, 0.6) is 0 Å². The van der Waals surface area contributed by atoms with E-state index in [4.69, 9.17) is 6.57 Å². The summed E-state index contributed by atoms with van der Waals surface area (Å²) in [7, 11) is 0. The minimum atomic E-state index is -1.09. The molecule has 0 heterocycles. The van der Waals surface area contributed by atoms with Crippen molar-refractivity contribution >= 4 is 35.0 Å². The first kappa shape index (κ1) is 31.3. The van der Waals surface area contributed by atoms with Gasteiger partial charge in [-0.15, -0.1) is 0 Å². The molecular formula is C34H31F2N3O3S. The second kappa shape index (κ2) is 14.5. The average molecular weight is 600 g/mol. The predicted molar refractivity (Wildman–Crippen MR) is 167 cm³/mol. The van der Waals surface area contributed by atoms with Gasteiger partial charge in [-0.2, -0.15) is 11.8 Å². The number of hydrogen-bond donors (Lipinski definition) is 2. The number of hydrogen-bond acceptors (Lipinski definition) is 4. The van der Waals surface area contributed by atoms with Gasteiger partial charge < -0.3 is 15.3 Å². The predicted octanol–water partition coefficient (Wildman–Crippen LogP) is 7.63. The molecule has 0 fully saturated rings. The number of benzene rings is 4. The van der Waals surface area contributed by atoms with Gasteiger partial charge in [0.1, 0.15) is 17.7 Å². The highest BCUT2D eigenvalue weighted by Gasteiger charge is 2.23. The van der Waals surface area contributed by atoms with Crippen molar-refractivity contribution in [3.63, 3.8) is 0 Å². The van der Waals surface area contributed by atoms with Gasteiger partial charge >= 0.3 is 5.97 Å². The van der Waals surface area contributed by atoms with E-state index >= 15 is 0 Å². The molecule has 0 aromatic heterocycles. The highest BCUT2D eigenvalue weighted by molar-refractivity contribution is 7.98. The van der Waals surface area contributed by atoms with E-state index in [2.05, 4.69) is 10.2 Å². The standard InChI is InChI=1S/C34H31F2N3O3S/c1-22-6-4-5-7-29(22)31-18-23(8-13-30(31)33(40)38-32(34(41)42)14-15-43-3)20-39(28-11-9-27(37-2)10-12-28)21-24-16-25(35)19-26(36)17-24/h4-13,16-19,32H,14-15,20-21H2,1,3H3,(H,38,40)(H,41,42). The molecule has 1 unspecified atom stereocenters. The summed E-state index contributed by atoms with van der Waals surface area (Å²) >= 11 is 1.51. The summed E-state index contributed by atoms with van der Waals surface area (Å²) < 4.78 is 28.1. The van der Waals surface area contributed by atoms with Crippen molar-refractivity contribution in [2.75, 3.05) is 16.9 Å². The van der Waals surface area contributed by atoms with Crippen LogP contribution in [0, 0.1) is 25.1 Å². The molecule has 4 aromatic rings. The molecule has 2 N–H and O–H groups in total. The van der Waals surface area contributed by atoms with Crippen LogP contribution in [-0.2, 0) is 17.9 Å². The van der Waals surface area contributed by atoms with E-state index in [-0.39, 0.29) is 6.54 Å². The van der Waals surface area contributed by atoms with Crippen LogP contribution in [0.25, 0.3) is 16.0 Å². The minimum Gasteiger partial charge on any atom is -0.480 e. The Morgan fingerprint density at radius 2 is 1.60 bits per heavy atom. The Morgan fingerprint density at radius 3 is 2.23 bits per heavy atom. The molecule has 9 heteroatoms. The molecule has 4 aromatic carbocycles. The van der Waals surface area contributed by atoms with Crippen molar-refractivity contribution in [1.29, 1.82) is 0 Å². The minimum absolute atomic E-state index is 0.184. The fraction of sp³-hybridized carbons (Fsp3) is 0.206. The second-order valence-electron chi connectivity index (χ2n) is 10.1. The molecule has 0 aliphatic rings. The Hall–Kier alpha value is -4.68. The van der Waals surface area contributed by atoms with E-state index < -0.39 is 29.6 Å². The van der Waals surface area contributed by atoms with Gasteiger partial charge in [-0.25, -0.2) is 18.4 Å². The van der Waals surface area contributed by atoms with Gasteiger partial charge in [0.05, 0.1) is 6.57 Å². The summed E-state index contributed by atoms with van der Waals surface area (Å²) in [6.45, 7) is 9.71. The van der Waals surface area contributed by atoms with Crippen LogP contribution in [0.1, 0.15) is 33.5 Å². The van der Waals surface area contributed by atoms with E-state index in [1.165, 1.54) is 23.9 Å². The van der Waals surface area contributed by atoms with Crippen molar-refractivity contribution in [3.8, 4) is 11.1 Å².